The number of carboxylic acid groups (broad SMARTS) is 5. The topological polar surface area (TPSA) is 277 Å². The third-order valence-corrected chi connectivity index (χ3v) is 2.29. The molecule has 192 valence electrons. The van der Waals surface area contributed by atoms with Gasteiger partial charge in [0.25, 0.3) is 29.8 Å². The SMILES string of the molecule is CC(=O)O.CC(=O)O.CC(=O)O.CC(=O)O.CC(=O)O.OC[C@H]1O[C@H](S)[C@H](O)[C@@H](O)[C@H]1O. The summed E-state index contributed by atoms with van der Waals surface area (Å²) in [5.41, 5.74) is -0.874. The van der Waals surface area contributed by atoms with Crippen LogP contribution < -0.4 is 0 Å². The third kappa shape index (κ3) is 50.8. The van der Waals surface area contributed by atoms with E-state index < -0.39 is 66.3 Å². The predicted molar refractivity (Wildman–Crippen MR) is 109 cm³/mol. The molecule has 0 unspecified atom stereocenters. The minimum Gasteiger partial charge on any atom is -0.481 e. The average molecular weight is 496 g/mol. The average Bonchev–Trinajstić information content (AvgIpc) is 2.53. The lowest BCUT2D eigenvalue weighted by Gasteiger charge is -2.37. The van der Waals surface area contributed by atoms with Crippen molar-refractivity contribution in [2.75, 3.05) is 6.61 Å². The van der Waals surface area contributed by atoms with E-state index in [-0.39, 0.29) is 0 Å². The first-order valence-corrected chi connectivity index (χ1v) is 8.72. The van der Waals surface area contributed by atoms with Crippen LogP contribution in [0.5, 0.6) is 0 Å². The van der Waals surface area contributed by atoms with E-state index in [1.807, 2.05) is 0 Å². The molecule has 0 aliphatic carbocycles. The molecule has 1 aliphatic rings. The number of hydrogen-bond acceptors (Lipinski definition) is 11. The zero-order chi connectivity index (χ0) is 27.2. The van der Waals surface area contributed by atoms with Crippen LogP contribution in [-0.4, -0.2) is 112 Å². The third-order valence-electron chi connectivity index (χ3n) is 1.87. The molecule has 5 atom stereocenters. The summed E-state index contributed by atoms with van der Waals surface area (Å²) in [5, 5.41) is 73.3. The van der Waals surface area contributed by atoms with Crippen molar-refractivity contribution in [1.29, 1.82) is 0 Å². The molecule has 16 heteroatoms. The summed E-state index contributed by atoms with van der Waals surface area (Å²) in [6.07, 6.45) is -4.70. The molecule has 1 saturated heterocycles. The fourth-order valence-corrected chi connectivity index (χ4v) is 1.41. The first kappa shape index (κ1) is 39.9. The van der Waals surface area contributed by atoms with E-state index >= 15 is 0 Å². The second kappa shape index (κ2) is 24.8. The smallest absolute Gasteiger partial charge is 0.300 e. The maximum atomic E-state index is 9.20. The lowest BCUT2D eigenvalue weighted by molar-refractivity contribution is -0.205. The molecule has 0 spiro atoms. The quantitative estimate of drug-likeness (QED) is 0.179. The van der Waals surface area contributed by atoms with Gasteiger partial charge in [0.1, 0.15) is 29.9 Å². The standard InChI is InChI=1S/C6H12O5S.5C2H4O2/c7-1-2-3(8)4(9)5(10)6(12)11-2;5*1-2(3)4/h2-10,12H,1H2;5*1H3,(H,3,4)/t2-,3+,4+,5-,6-;;;;;/m1...../s1. The molecule has 0 aromatic carbocycles. The van der Waals surface area contributed by atoms with Crippen LogP contribution >= 0.6 is 12.6 Å². The van der Waals surface area contributed by atoms with Crippen LogP contribution in [0.25, 0.3) is 0 Å². The Labute approximate surface area is 188 Å². The summed E-state index contributed by atoms with van der Waals surface area (Å²) in [6, 6.07) is 0. The van der Waals surface area contributed by atoms with E-state index in [4.69, 9.17) is 64.5 Å². The van der Waals surface area contributed by atoms with Gasteiger partial charge in [0, 0.05) is 34.6 Å². The van der Waals surface area contributed by atoms with Gasteiger partial charge in [-0.25, -0.2) is 0 Å². The van der Waals surface area contributed by atoms with Gasteiger partial charge in [0.2, 0.25) is 0 Å². The number of carboxylic acids is 5. The van der Waals surface area contributed by atoms with Crippen molar-refractivity contribution >= 4 is 42.5 Å². The van der Waals surface area contributed by atoms with E-state index in [1.54, 1.807) is 0 Å². The fourth-order valence-electron chi connectivity index (χ4n) is 1.08. The number of aliphatic carboxylic acids is 5. The van der Waals surface area contributed by atoms with Crippen molar-refractivity contribution in [3.63, 3.8) is 0 Å². The summed E-state index contributed by atoms with van der Waals surface area (Å²) in [7, 11) is 0. The van der Waals surface area contributed by atoms with E-state index in [2.05, 4.69) is 12.6 Å². The minimum atomic E-state index is -1.32. The highest BCUT2D eigenvalue weighted by Gasteiger charge is 2.41. The molecular weight excluding hydrogens is 464 g/mol. The molecule has 9 N–H and O–H groups in total. The molecule has 1 aliphatic heterocycles. The van der Waals surface area contributed by atoms with Crippen molar-refractivity contribution in [1.82, 2.24) is 0 Å². The number of aliphatic hydroxyl groups is 4. The first-order valence-electron chi connectivity index (χ1n) is 8.20. The highest BCUT2D eigenvalue weighted by Crippen LogP contribution is 2.22. The van der Waals surface area contributed by atoms with Gasteiger partial charge >= 0.3 is 0 Å². The van der Waals surface area contributed by atoms with Crippen LogP contribution in [0.4, 0.5) is 0 Å². The number of ether oxygens (including phenoxy) is 1. The largest absolute Gasteiger partial charge is 0.481 e. The zero-order valence-electron chi connectivity index (χ0n) is 18.0. The van der Waals surface area contributed by atoms with Crippen LogP contribution in [0.3, 0.4) is 0 Å². The molecule has 0 aromatic rings. The van der Waals surface area contributed by atoms with Gasteiger partial charge in [0.15, 0.2) is 0 Å². The molecule has 1 rings (SSSR count). The van der Waals surface area contributed by atoms with Crippen molar-refractivity contribution in [2.45, 2.75) is 64.5 Å². The van der Waals surface area contributed by atoms with Gasteiger partial charge in [-0.1, -0.05) is 0 Å². The minimum absolute atomic E-state index is 0.415. The van der Waals surface area contributed by atoms with Gasteiger partial charge in [0.05, 0.1) is 6.61 Å². The molecule has 32 heavy (non-hydrogen) atoms. The summed E-state index contributed by atoms with van der Waals surface area (Å²) >= 11 is 3.81. The Bertz CT molecular complexity index is 445. The number of aliphatic hydroxyl groups excluding tert-OH is 4. The molecule has 1 heterocycles. The lowest BCUT2D eigenvalue weighted by Crippen LogP contribution is -2.56. The van der Waals surface area contributed by atoms with Crippen molar-refractivity contribution in [3.05, 3.63) is 0 Å². The zero-order valence-corrected chi connectivity index (χ0v) is 18.9. The van der Waals surface area contributed by atoms with Gasteiger partial charge in [-0.05, 0) is 0 Å². The Balaban J connectivity index is -0.000000102. The second-order valence-electron chi connectivity index (χ2n) is 5.31. The first-order chi connectivity index (χ1) is 14.2. The Hall–Kier alpha value is -2.50. The molecular formula is C16H32O15S. The molecule has 1 fully saturated rings. The molecule has 0 bridgehead atoms. The van der Waals surface area contributed by atoms with Crippen molar-refractivity contribution in [3.8, 4) is 0 Å². The predicted octanol–water partition coefficient (Wildman–Crippen LogP) is -1.83. The maximum absolute atomic E-state index is 9.20. The number of carbonyl (C=O) groups is 5. The molecule has 0 radical (unpaired) electrons. The van der Waals surface area contributed by atoms with E-state index in [0.29, 0.717) is 0 Å². The number of thiol groups is 1. The van der Waals surface area contributed by atoms with Gasteiger partial charge in [-0.3, -0.25) is 24.0 Å². The van der Waals surface area contributed by atoms with E-state index in [0.717, 1.165) is 34.6 Å². The molecule has 0 aromatic heterocycles. The van der Waals surface area contributed by atoms with Crippen molar-refractivity contribution < 1.29 is 74.7 Å². The fraction of sp³-hybridized carbons (Fsp3) is 0.688. The van der Waals surface area contributed by atoms with Crippen LogP contribution in [-0.2, 0) is 28.7 Å². The lowest BCUT2D eigenvalue weighted by atomic mass is 10.0. The highest BCUT2D eigenvalue weighted by atomic mass is 32.1. The summed E-state index contributed by atoms with van der Waals surface area (Å²) in [5.74, 6) is -4.17. The van der Waals surface area contributed by atoms with Crippen LogP contribution in [0.15, 0.2) is 0 Å². The highest BCUT2D eigenvalue weighted by molar-refractivity contribution is 7.80. The van der Waals surface area contributed by atoms with Crippen LogP contribution in [0, 0.1) is 0 Å². The summed E-state index contributed by atoms with van der Waals surface area (Å²) < 4.78 is 4.88. The van der Waals surface area contributed by atoms with Crippen LogP contribution in [0.2, 0.25) is 0 Å². The second-order valence-corrected chi connectivity index (χ2v) is 5.82. The van der Waals surface area contributed by atoms with Crippen molar-refractivity contribution in [2.24, 2.45) is 0 Å². The monoisotopic (exact) mass is 496 g/mol. The summed E-state index contributed by atoms with van der Waals surface area (Å²) in [4.78, 5) is 45.0. The summed E-state index contributed by atoms with van der Waals surface area (Å²) in [6.45, 7) is 5.00. The van der Waals surface area contributed by atoms with Gasteiger partial charge in [-0.15, -0.1) is 12.6 Å². The maximum Gasteiger partial charge on any atom is 0.300 e. The Morgan fingerprint density at radius 1 is 0.625 bits per heavy atom. The molecule has 0 saturated carbocycles. The Morgan fingerprint density at radius 3 is 1.03 bits per heavy atom. The normalized spacial score (nSPS) is 22.4. The number of hydrogen-bond donors (Lipinski definition) is 10. The van der Waals surface area contributed by atoms with E-state index in [1.165, 1.54) is 0 Å². The Kier molecular flexibility index (Phi) is 30.9. The van der Waals surface area contributed by atoms with Crippen LogP contribution in [0.1, 0.15) is 34.6 Å². The van der Waals surface area contributed by atoms with Gasteiger partial charge < -0.3 is 50.7 Å². The molecule has 0 amide bonds. The van der Waals surface area contributed by atoms with Gasteiger partial charge in [-0.2, -0.15) is 0 Å². The molecule has 15 nitrogen and oxygen atoms in total. The number of rotatable bonds is 1. The van der Waals surface area contributed by atoms with E-state index in [9.17, 15) is 10.2 Å². The Morgan fingerprint density at radius 2 is 0.844 bits per heavy atom.